The minimum Gasteiger partial charge on any atom is -0.462 e. The quantitative estimate of drug-likeness (QED) is 0.819. The fourth-order valence-corrected chi connectivity index (χ4v) is 1.59. The molecule has 1 aromatic heterocycles. The van der Waals surface area contributed by atoms with Crippen molar-refractivity contribution in [3.63, 3.8) is 0 Å². The molecular formula is C12H16F3N3O3. The number of anilines is 1. The van der Waals surface area contributed by atoms with Crippen LogP contribution < -0.4 is 5.32 Å². The first-order chi connectivity index (χ1) is 9.78. The van der Waals surface area contributed by atoms with Crippen LogP contribution in [-0.4, -0.2) is 34.4 Å². The Balaban J connectivity index is 3.08. The zero-order chi connectivity index (χ0) is 16.0. The average molecular weight is 307 g/mol. The summed E-state index contributed by atoms with van der Waals surface area (Å²) in [6.07, 6.45) is -2.93. The Bertz CT molecular complexity index is 512. The lowest BCUT2D eigenvalue weighted by Crippen LogP contribution is -2.23. The highest BCUT2D eigenvalue weighted by molar-refractivity contribution is 6.00. The Labute approximate surface area is 119 Å². The van der Waals surface area contributed by atoms with Gasteiger partial charge in [0, 0.05) is 6.42 Å². The number of halogens is 3. The molecule has 1 aromatic rings. The highest BCUT2D eigenvalue weighted by atomic mass is 19.4. The number of hydrogen-bond acceptors (Lipinski definition) is 4. The van der Waals surface area contributed by atoms with Gasteiger partial charge >= 0.3 is 12.1 Å². The summed E-state index contributed by atoms with van der Waals surface area (Å²) in [5.41, 5.74) is -0.203. The lowest BCUT2D eigenvalue weighted by Gasteiger charge is -2.12. The number of alkyl halides is 3. The lowest BCUT2D eigenvalue weighted by atomic mass is 10.3. The Morgan fingerprint density at radius 1 is 1.38 bits per heavy atom. The maximum absolute atomic E-state index is 12.5. The summed E-state index contributed by atoms with van der Waals surface area (Å²) >= 11 is 0. The van der Waals surface area contributed by atoms with E-state index in [2.05, 4.69) is 10.4 Å². The first kappa shape index (κ1) is 17.0. The average Bonchev–Trinajstić information content (AvgIpc) is 2.71. The maximum Gasteiger partial charge on any atom is 0.408 e. The predicted octanol–water partition coefficient (Wildman–Crippen LogP) is 2.36. The third-order valence-corrected chi connectivity index (χ3v) is 2.40. The van der Waals surface area contributed by atoms with Crippen LogP contribution in [0.2, 0.25) is 0 Å². The molecule has 0 saturated heterocycles. The Morgan fingerprint density at radius 2 is 2.05 bits per heavy atom. The summed E-state index contributed by atoms with van der Waals surface area (Å²) < 4.78 is 42.7. The van der Waals surface area contributed by atoms with E-state index in [0.29, 0.717) is 11.1 Å². The largest absolute Gasteiger partial charge is 0.462 e. The van der Waals surface area contributed by atoms with Crippen molar-refractivity contribution in [2.75, 3.05) is 11.9 Å². The van der Waals surface area contributed by atoms with Crippen LogP contribution in [0.3, 0.4) is 0 Å². The van der Waals surface area contributed by atoms with E-state index >= 15 is 0 Å². The second kappa shape index (κ2) is 7.09. The highest BCUT2D eigenvalue weighted by Crippen LogP contribution is 2.23. The smallest absolute Gasteiger partial charge is 0.408 e. The van der Waals surface area contributed by atoms with Crippen LogP contribution in [0.1, 0.15) is 37.0 Å². The number of esters is 1. The summed E-state index contributed by atoms with van der Waals surface area (Å²) in [4.78, 5) is 23.3. The number of carbonyl (C=O) groups is 2. The first-order valence-electron chi connectivity index (χ1n) is 6.38. The number of carbonyl (C=O) groups excluding carboxylic acids is 2. The van der Waals surface area contributed by atoms with Crippen LogP contribution in [0.15, 0.2) is 6.20 Å². The molecule has 1 N–H and O–H groups in total. The van der Waals surface area contributed by atoms with Gasteiger partial charge in [0.15, 0.2) is 0 Å². The van der Waals surface area contributed by atoms with Gasteiger partial charge in [0.1, 0.15) is 17.9 Å². The standard InChI is InChI=1S/C12H16F3N3O3/c1-3-5-9(19)17-10-8(11(20)21-4-2)6-16-18(10)7-12(13,14)15/h6H,3-5,7H2,1-2H3,(H,17,19). The Morgan fingerprint density at radius 3 is 2.57 bits per heavy atom. The van der Waals surface area contributed by atoms with Crippen LogP contribution >= 0.6 is 0 Å². The van der Waals surface area contributed by atoms with Crippen LogP contribution in [0.25, 0.3) is 0 Å². The van der Waals surface area contributed by atoms with E-state index in [1.807, 2.05) is 0 Å². The molecule has 0 saturated carbocycles. The molecule has 1 amide bonds. The van der Waals surface area contributed by atoms with Gasteiger partial charge in [-0.3, -0.25) is 4.79 Å². The minimum absolute atomic E-state index is 0.0611. The summed E-state index contributed by atoms with van der Waals surface area (Å²) in [7, 11) is 0. The number of aromatic nitrogens is 2. The summed E-state index contributed by atoms with van der Waals surface area (Å²) in [5, 5.41) is 5.78. The SMILES string of the molecule is CCCC(=O)Nc1c(C(=O)OCC)cnn1CC(F)(F)F. The third-order valence-electron chi connectivity index (χ3n) is 2.40. The van der Waals surface area contributed by atoms with Crippen LogP contribution in [0.5, 0.6) is 0 Å². The molecule has 6 nitrogen and oxygen atoms in total. The molecule has 0 aliphatic heterocycles. The molecule has 0 aliphatic rings. The van der Waals surface area contributed by atoms with Crippen molar-refractivity contribution in [3.05, 3.63) is 11.8 Å². The van der Waals surface area contributed by atoms with Crippen molar-refractivity contribution < 1.29 is 27.5 Å². The van der Waals surface area contributed by atoms with E-state index in [4.69, 9.17) is 4.74 Å². The van der Waals surface area contributed by atoms with E-state index in [9.17, 15) is 22.8 Å². The van der Waals surface area contributed by atoms with E-state index in [1.165, 1.54) is 0 Å². The number of amides is 1. The zero-order valence-corrected chi connectivity index (χ0v) is 11.7. The van der Waals surface area contributed by atoms with Crippen LogP contribution in [0, 0.1) is 0 Å². The molecular weight excluding hydrogens is 291 g/mol. The summed E-state index contributed by atoms with van der Waals surface area (Å²) in [5.74, 6) is -1.63. The Hall–Kier alpha value is -2.06. The molecule has 0 aliphatic carbocycles. The molecule has 0 bridgehead atoms. The molecule has 1 heterocycles. The number of nitrogens with zero attached hydrogens (tertiary/aromatic N) is 2. The van der Waals surface area contributed by atoms with Crippen LogP contribution in [-0.2, 0) is 16.1 Å². The van der Waals surface area contributed by atoms with Gasteiger partial charge in [0.25, 0.3) is 0 Å². The molecule has 1 rings (SSSR count). The monoisotopic (exact) mass is 307 g/mol. The van der Waals surface area contributed by atoms with E-state index < -0.39 is 24.6 Å². The van der Waals surface area contributed by atoms with Crippen molar-refractivity contribution >= 4 is 17.7 Å². The normalized spacial score (nSPS) is 11.3. The van der Waals surface area contributed by atoms with Crippen molar-refractivity contribution in [1.82, 2.24) is 9.78 Å². The van der Waals surface area contributed by atoms with Crippen molar-refractivity contribution in [1.29, 1.82) is 0 Å². The minimum atomic E-state index is -4.53. The second-order valence-electron chi connectivity index (χ2n) is 4.20. The van der Waals surface area contributed by atoms with Gasteiger partial charge in [-0.15, -0.1) is 0 Å². The van der Waals surface area contributed by atoms with Gasteiger partial charge in [-0.1, -0.05) is 6.92 Å². The van der Waals surface area contributed by atoms with Crippen LogP contribution in [0.4, 0.5) is 19.0 Å². The second-order valence-corrected chi connectivity index (χ2v) is 4.20. The molecule has 0 fully saturated rings. The number of hydrogen-bond donors (Lipinski definition) is 1. The van der Waals surface area contributed by atoms with Gasteiger partial charge in [-0.2, -0.15) is 18.3 Å². The molecule has 0 spiro atoms. The van der Waals surface area contributed by atoms with Gasteiger partial charge in [-0.05, 0) is 13.3 Å². The molecule has 9 heteroatoms. The molecule has 0 aromatic carbocycles. The predicted molar refractivity (Wildman–Crippen MR) is 67.8 cm³/mol. The van der Waals surface area contributed by atoms with Crippen molar-refractivity contribution in [3.8, 4) is 0 Å². The number of rotatable bonds is 6. The van der Waals surface area contributed by atoms with E-state index in [-0.39, 0.29) is 24.4 Å². The van der Waals surface area contributed by atoms with Gasteiger partial charge in [0.05, 0.1) is 12.8 Å². The van der Waals surface area contributed by atoms with Gasteiger partial charge in [0.2, 0.25) is 5.91 Å². The molecule has 0 atom stereocenters. The van der Waals surface area contributed by atoms with E-state index in [1.54, 1.807) is 13.8 Å². The summed E-state index contributed by atoms with van der Waals surface area (Å²) in [6.45, 7) is 1.96. The van der Waals surface area contributed by atoms with Gasteiger partial charge < -0.3 is 10.1 Å². The molecule has 21 heavy (non-hydrogen) atoms. The highest BCUT2D eigenvalue weighted by Gasteiger charge is 2.31. The Kier molecular flexibility index (Phi) is 5.74. The fourth-order valence-electron chi connectivity index (χ4n) is 1.59. The van der Waals surface area contributed by atoms with Crippen molar-refractivity contribution in [2.45, 2.75) is 39.4 Å². The molecule has 0 radical (unpaired) electrons. The topological polar surface area (TPSA) is 73.2 Å². The van der Waals surface area contributed by atoms with Crippen molar-refractivity contribution in [2.24, 2.45) is 0 Å². The number of nitrogens with one attached hydrogen (secondary N) is 1. The zero-order valence-electron chi connectivity index (χ0n) is 11.7. The number of ether oxygens (including phenoxy) is 1. The first-order valence-corrected chi connectivity index (χ1v) is 6.38. The third kappa shape index (κ3) is 5.09. The molecule has 0 unspecified atom stereocenters. The van der Waals surface area contributed by atoms with Gasteiger partial charge in [-0.25, -0.2) is 9.48 Å². The fraction of sp³-hybridized carbons (Fsp3) is 0.583. The molecule has 118 valence electrons. The van der Waals surface area contributed by atoms with E-state index in [0.717, 1.165) is 6.20 Å². The maximum atomic E-state index is 12.5. The summed E-state index contributed by atoms with van der Waals surface area (Å²) in [6, 6.07) is 0. The lowest BCUT2D eigenvalue weighted by molar-refractivity contribution is -0.142.